The first kappa shape index (κ1) is 14.5. The van der Waals surface area contributed by atoms with E-state index < -0.39 is 0 Å². The number of nitrogens with one attached hydrogen (secondary N) is 1. The molecule has 1 unspecified atom stereocenters. The van der Waals surface area contributed by atoms with Crippen molar-refractivity contribution in [3.05, 3.63) is 0 Å². The Balaban J connectivity index is 1.77. The van der Waals surface area contributed by atoms with Crippen LogP contribution in [0.25, 0.3) is 0 Å². The van der Waals surface area contributed by atoms with E-state index in [2.05, 4.69) is 12.2 Å². The van der Waals surface area contributed by atoms with Gasteiger partial charge in [0.25, 0.3) is 0 Å². The number of hydrogen-bond donors (Lipinski definition) is 1. The number of carbonyl (C=O) groups is 2. The standard InChI is InChI=1S/C15H26N2O2/c1-2-3-4-7-10-16-13-11-14(18)17(15(13)19)12-8-5-6-9-12/h12-13,16H,2-11H2,1H3. The Morgan fingerprint density at radius 3 is 2.58 bits per heavy atom. The largest absolute Gasteiger partial charge is 0.305 e. The van der Waals surface area contributed by atoms with Crippen LogP contribution in [0.2, 0.25) is 0 Å². The first-order valence-electron chi connectivity index (χ1n) is 7.83. The second kappa shape index (κ2) is 7.04. The number of amides is 2. The van der Waals surface area contributed by atoms with Crippen LogP contribution >= 0.6 is 0 Å². The fraction of sp³-hybridized carbons (Fsp3) is 0.867. The van der Waals surface area contributed by atoms with Gasteiger partial charge in [-0.25, -0.2) is 0 Å². The van der Waals surface area contributed by atoms with Gasteiger partial charge in [0.1, 0.15) is 0 Å². The average Bonchev–Trinajstić information content (AvgIpc) is 2.98. The van der Waals surface area contributed by atoms with Gasteiger partial charge in [0.05, 0.1) is 12.5 Å². The van der Waals surface area contributed by atoms with Gasteiger partial charge >= 0.3 is 0 Å². The summed E-state index contributed by atoms with van der Waals surface area (Å²) in [5, 5.41) is 3.26. The lowest BCUT2D eigenvalue weighted by Crippen LogP contribution is -2.43. The molecule has 108 valence electrons. The average molecular weight is 266 g/mol. The van der Waals surface area contributed by atoms with Gasteiger partial charge < -0.3 is 5.32 Å². The molecular formula is C15H26N2O2. The molecule has 0 radical (unpaired) electrons. The number of carbonyl (C=O) groups excluding carboxylic acids is 2. The smallest absolute Gasteiger partial charge is 0.247 e. The van der Waals surface area contributed by atoms with Gasteiger partial charge in [0, 0.05) is 6.04 Å². The highest BCUT2D eigenvalue weighted by molar-refractivity contribution is 6.05. The second-order valence-corrected chi connectivity index (χ2v) is 5.81. The highest BCUT2D eigenvalue weighted by Gasteiger charge is 2.42. The van der Waals surface area contributed by atoms with Gasteiger partial charge in [0.15, 0.2) is 0 Å². The molecule has 0 bridgehead atoms. The topological polar surface area (TPSA) is 49.4 Å². The van der Waals surface area contributed by atoms with E-state index in [1.54, 1.807) is 4.90 Å². The summed E-state index contributed by atoms with van der Waals surface area (Å²) in [5.74, 6) is 0.0512. The molecule has 1 aliphatic heterocycles. The van der Waals surface area contributed by atoms with Gasteiger partial charge in [-0.2, -0.15) is 0 Å². The lowest BCUT2D eigenvalue weighted by molar-refractivity contribution is -0.141. The van der Waals surface area contributed by atoms with Crippen LogP contribution in [0.15, 0.2) is 0 Å². The molecule has 2 aliphatic rings. The van der Waals surface area contributed by atoms with E-state index in [1.165, 1.54) is 19.3 Å². The van der Waals surface area contributed by atoms with Crippen LogP contribution in [0.4, 0.5) is 0 Å². The molecule has 19 heavy (non-hydrogen) atoms. The van der Waals surface area contributed by atoms with Gasteiger partial charge in [-0.05, 0) is 25.8 Å². The maximum Gasteiger partial charge on any atom is 0.247 e. The summed E-state index contributed by atoms with van der Waals surface area (Å²) < 4.78 is 0. The summed E-state index contributed by atoms with van der Waals surface area (Å²) in [6.07, 6.45) is 9.42. The Labute approximate surface area is 115 Å². The molecular weight excluding hydrogens is 240 g/mol. The highest BCUT2D eigenvalue weighted by Crippen LogP contribution is 2.28. The molecule has 2 amide bonds. The van der Waals surface area contributed by atoms with Crippen molar-refractivity contribution in [1.29, 1.82) is 0 Å². The van der Waals surface area contributed by atoms with Crippen LogP contribution in [0.1, 0.15) is 64.7 Å². The lowest BCUT2D eigenvalue weighted by atomic mass is 10.2. The zero-order chi connectivity index (χ0) is 13.7. The highest BCUT2D eigenvalue weighted by atomic mass is 16.2. The van der Waals surface area contributed by atoms with Crippen LogP contribution in [0.3, 0.4) is 0 Å². The van der Waals surface area contributed by atoms with E-state index in [1.807, 2.05) is 0 Å². The van der Waals surface area contributed by atoms with E-state index in [0.717, 1.165) is 38.6 Å². The Morgan fingerprint density at radius 1 is 1.16 bits per heavy atom. The molecule has 1 atom stereocenters. The van der Waals surface area contributed by atoms with Crippen molar-refractivity contribution in [3.63, 3.8) is 0 Å². The lowest BCUT2D eigenvalue weighted by Gasteiger charge is -2.22. The van der Waals surface area contributed by atoms with E-state index in [0.29, 0.717) is 6.42 Å². The molecule has 0 spiro atoms. The van der Waals surface area contributed by atoms with Crippen molar-refractivity contribution >= 4 is 11.8 Å². The molecule has 1 aliphatic carbocycles. The van der Waals surface area contributed by atoms with Gasteiger partial charge in [-0.3, -0.25) is 14.5 Å². The van der Waals surface area contributed by atoms with Crippen molar-refractivity contribution in [2.24, 2.45) is 0 Å². The summed E-state index contributed by atoms with van der Waals surface area (Å²) in [7, 11) is 0. The first-order valence-corrected chi connectivity index (χ1v) is 7.83. The SMILES string of the molecule is CCCCCCNC1CC(=O)N(C2CCCC2)C1=O. The fourth-order valence-corrected chi connectivity index (χ4v) is 3.18. The molecule has 1 heterocycles. The predicted molar refractivity (Wildman–Crippen MR) is 74.7 cm³/mol. The van der Waals surface area contributed by atoms with Gasteiger partial charge in [-0.15, -0.1) is 0 Å². The van der Waals surface area contributed by atoms with Crippen molar-refractivity contribution < 1.29 is 9.59 Å². The number of rotatable bonds is 7. The van der Waals surface area contributed by atoms with Crippen LogP contribution in [-0.4, -0.2) is 35.3 Å². The molecule has 1 saturated carbocycles. The van der Waals surface area contributed by atoms with Crippen molar-refractivity contribution in [1.82, 2.24) is 10.2 Å². The third kappa shape index (κ3) is 3.56. The minimum atomic E-state index is -0.255. The molecule has 1 N–H and O–H groups in total. The monoisotopic (exact) mass is 266 g/mol. The number of imide groups is 1. The molecule has 0 aromatic rings. The van der Waals surface area contributed by atoms with E-state index in [-0.39, 0.29) is 23.9 Å². The minimum absolute atomic E-state index is 0.0207. The molecule has 1 saturated heterocycles. The second-order valence-electron chi connectivity index (χ2n) is 5.81. The Hall–Kier alpha value is -0.900. The fourth-order valence-electron chi connectivity index (χ4n) is 3.18. The van der Waals surface area contributed by atoms with Gasteiger partial charge in [0.2, 0.25) is 11.8 Å². The zero-order valence-corrected chi connectivity index (χ0v) is 12.0. The predicted octanol–water partition coefficient (Wildman–Crippen LogP) is 2.23. The van der Waals surface area contributed by atoms with Crippen LogP contribution in [0, 0.1) is 0 Å². The Kier molecular flexibility index (Phi) is 5.37. The number of nitrogens with zero attached hydrogens (tertiary/aromatic N) is 1. The van der Waals surface area contributed by atoms with Crippen LogP contribution in [-0.2, 0) is 9.59 Å². The zero-order valence-electron chi connectivity index (χ0n) is 12.0. The summed E-state index contributed by atoms with van der Waals surface area (Å²) >= 11 is 0. The normalized spacial score (nSPS) is 24.7. The Bertz CT molecular complexity index is 324. The first-order chi connectivity index (χ1) is 9.24. The van der Waals surface area contributed by atoms with Crippen LogP contribution in [0.5, 0.6) is 0 Å². The van der Waals surface area contributed by atoms with Crippen LogP contribution < -0.4 is 5.32 Å². The van der Waals surface area contributed by atoms with E-state index in [4.69, 9.17) is 0 Å². The van der Waals surface area contributed by atoms with Crippen molar-refractivity contribution in [2.45, 2.75) is 76.8 Å². The molecule has 4 nitrogen and oxygen atoms in total. The maximum atomic E-state index is 12.3. The van der Waals surface area contributed by atoms with Crippen molar-refractivity contribution in [2.75, 3.05) is 6.54 Å². The number of likely N-dealkylation sites (tertiary alicyclic amines) is 1. The number of unbranched alkanes of at least 4 members (excludes halogenated alkanes) is 3. The molecule has 2 fully saturated rings. The number of hydrogen-bond acceptors (Lipinski definition) is 3. The van der Waals surface area contributed by atoms with E-state index in [9.17, 15) is 9.59 Å². The van der Waals surface area contributed by atoms with Crippen molar-refractivity contribution in [3.8, 4) is 0 Å². The third-order valence-electron chi connectivity index (χ3n) is 4.29. The van der Waals surface area contributed by atoms with Gasteiger partial charge in [-0.1, -0.05) is 39.0 Å². The molecule has 4 heteroatoms. The summed E-state index contributed by atoms with van der Waals surface area (Å²) in [4.78, 5) is 25.8. The summed E-state index contributed by atoms with van der Waals surface area (Å²) in [6, 6.07) is -0.0679. The molecule has 2 rings (SSSR count). The quantitative estimate of drug-likeness (QED) is 0.568. The maximum absolute atomic E-state index is 12.3. The summed E-state index contributed by atoms with van der Waals surface area (Å²) in [5.41, 5.74) is 0. The summed E-state index contributed by atoms with van der Waals surface area (Å²) in [6.45, 7) is 3.04. The minimum Gasteiger partial charge on any atom is -0.305 e. The Morgan fingerprint density at radius 2 is 1.89 bits per heavy atom. The molecule has 0 aromatic carbocycles. The third-order valence-corrected chi connectivity index (χ3v) is 4.29. The van der Waals surface area contributed by atoms with E-state index >= 15 is 0 Å². The molecule has 0 aromatic heterocycles.